The number of hydrogen-bond acceptors (Lipinski definition) is 7. The molecular formula is C44H82N2O6. The molecular weight excluding hydrogens is 652 g/mol. The molecule has 0 aromatic rings. The van der Waals surface area contributed by atoms with Crippen LogP contribution in [0.15, 0.2) is 24.3 Å². The van der Waals surface area contributed by atoms with Gasteiger partial charge >= 0.3 is 18.0 Å². The average molecular weight is 735 g/mol. The minimum atomic E-state index is -0.852. The van der Waals surface area contributed by atoms with Crippen LogP contribution in [0.1, 0.15) is 201 Å². The van der Waals surface area contributed by atoms with Gasteiger partial charge in [0.25, 0.3) is 0 Å². The molecule has 8 nitrogen and oxygen atoms in total. The minimum Gasteiger partial charge on any atom is -0.462 e. The van der Waals surface area contributed by atoms with E-state index in [1.165, 1.54) is 103 Å². The summed E-state index contributed by atoms with van der Waals surface area (Å²) in [5.74, 6) is -0.642. The molecule has 0 aromatic carbocycles. The highest BCUT2D eigenvalue weighted by atomic mass is 16.6. The number of allylic oxidation sites excluding steroid dienone is 4. The molecule has 8 heteroatoms. The first-order valence-electron chi connectivity index (χ1n) is 21.8. The predicted molar refractivity (Wildman–Crippen MR) is 218 cm³/mol. The Morgan fingerprint density at radius 3 is 1.23 bits per heavy atom. The van der Waals surface area contributed by atoms with Crippen LogP contribution in [0.4, 0.5) is 4.79 Å². The Balaban J connectivity index is 4.14. The molecule has 0 radical (unpaired) electrons. The molecule has 0 aliphatic heterocycles. The monoisotopic (exact) mass is 735 g/mol. The molecule has 52 heavy (non-hydrogen) atoms. The number of carbonyl (C=O) groups is 3. The summed E-state index contributed by atoms with van der Waals surface area (Å²) in [6, 6.07) is 0. The van der Waals surface area contributed by atoms with Crippen LogP contribution in [0, 0.1) is 0 Å². The van der Waals surface area contributed by atoms with Crippen LogP contribution < -0.4 is 10.6 Å². The Bertz CT molecular complexity index is 806. The third kappa shape index (κ3) is 38.9. The molecule has 0 spiro atoms. The van der Waals surface area contributed by atoms with Crippen LogP contribution in [0.2, 0.25) is 0 Å². The molecule has 2 N–H and O–H groups in total. The van der Waals surface area contributed by atoms with Gasteiger partial charge in [-0.2, -0.15) is 0 Å². The van der Waals surface area contributed by atoms with Crippen LogP contribution in [-0.2, 0) is 23.8 Å². The van der Waals surface area contributed by atoms with Crippen molar-refractivity contribution in [2.75, 3.05) is 32.8 Å². The summed E-state index contributed by atoms with van der Waals surface area (Å²) < 4.78 is 16.3. The summed E-state index contributed by atoms with van der Waals surface area (Å²) in [6.07, 6.45) is 39.7. The van der Waals surface area contributed by atoms with Gasteiger partial charge in [0.2, 0.25) is 0 Å². The lowest BCUT2D eigenvalue weighted by Gasteiger charge is -2.18. The fraction of sp³-hybridized carbons (Fsp3) is 0.841. The van der Waals surface area contributed by atoms with Crippen LogP contribution in [0.5, 0.6) is 0 Å². The molecule has 0 saturated heterocycles. The SMILES string of the molecule is CCCCCCCC/C=C\CCCCCCCC(=O)OCC(COC(=O)CCCCCCC/C=C\CCCCCCCC)OC(=O)NCCNCC. The molecule has 0 aromatic heterocycles. The van der Waals surface area contributed by atoms with Crippen LogP contribution in [-0.4, -0.2) is 57.0 Å². The van der Waals surface area contributed by atoms with Crippen LogP contribution >= 0.6 is 0 Å². The quantitative estimate of drug-likeness (QED) is 0.0280. The van der Waals surface area contributed by atoms with E-state index in [1.807, 2.05) is 6.92 Å². The lowest BCUT2D eigenvalue weighted by Crippen LogP contribution is -2.37. The van der Waals surface area contributed by atoms with Gasteiger partial charge in [-0.15, -0.1) is 0 Å². The van der Waals surface area contributed by atoms with E-state index in [0.717, 1.165) is 70.8 Å². The van der Waals surface area contributed by atoms with E-state index in [9.17, 15) is 14.4 Å². The molecule has 0 saturated carbocycles. The zero-order valence-corrected chi connectivity index (χ0v) is 34.2. The van der Waals surface area contributed by atoms with Gasteiger partial charge in [0, 0.05) is 25.9 Å². The number of likely N-dealkylation sites (N-methyl/N-ethyl adjacent to an activating group) is 1. The smallest absolute Gasteiger partial charge is 0.407 e. The van der Waals surface area contributed by atoms with Crippen molar-refractivity contribution in [1.82, 2.24) is 10.6 Å². The second-order valence-corrected chi connectivity index (χ2v) is 14.3. The lowest BCUT2D eigenvalue weighted by atomic mass is 10.1. The molecule has 0 heterocycles. The summed E-state index contributed by atoms with van der Waals surface area (Å²) in [5.41, 5.74) is 0. The van der Waals surface area contributed by atoms with Crippen molar-refractivity contribution in [3.63, 3.8) is 0 Å². The molecule has 304 valence electrons. The second kappa shape index (κ2) is 41.4. The van der Waals surface area contributed by atoms with Gasteiger partial charge in [0.15, 0.2) is 6.10 Å². The fourth-order valence-electron chi connectivity index (χ4n) is 5.94. The maximum Gasteiger partial charge on any atom is 0.407 e. The van der Waals surface area contributed by atoms with E-state index in [0.29, 0.717) is 25.9 Å². The Morgan fingerprint density at radius 2 is 0.846 bits per heavy atom. The molecule has 0 bridgehead atoms. The number of carbonyl (C=O) groups excluding carboxylic acids is 3. The maximum absolute atomic E-state index is 12.4. The van der Waals surface area contributed by atoms with Gasteiger partial charge in [-0.25, -0.2) is 4.79 Å². The number of unbranched alkanes of at least 4 members (excludes halogenated alkanes) is 22. The Labute approximate surface area is 320 Å². The second-order valence-electron chi connectivity index (χ2n) is 14.3. The van der Waals surface area contributed by atoms with Gasteiger partial charge in [0.1, 0.15) is 13.2 Å². The Hall–Kier alpha value is -2.35. The molecule has 0 aliphatic carbocycles. The van der Waals surface area contributed by atoms with Crippen LogP contribution in [0.3, 0.4) is 0 Å². The van der Waals surface area contributed by atoms with Crippen molar-refractivity contribution in [2.45, 2.75) is 207 Å². The van der Waals surface area contributed by atoms with Gasteiger partial charge in [-0.05, 0) is 70.8 Å². The van der Waals surface area contributed by atoms with E-state index in [4.69, 9.17) is 14.2 Å². The van der Waals surface area contributed by atoms with Crippen molar-refractivity contribution in [3.05, 3.63) is 24.3 Å². The number of nitrogens with one attached hydrogen (secondary N) is 2. The van der Waals surface area contributed by atoms with Crippen molar-refractivity contribution in [2.24, 2.45) is 0 Å². The summed E-state index contributed by atoms with van der Waals surface area (Å²) in [7, 11) is 0. The minimum absolute atomic E-state index is 0.134. The number of rotatable bonds is 39. The molecule has 1 amide bonds. The van der Waals surface area contributed by atoms with E-state index < -0.39 is 12.2 Å². The van der Waals surface area contributed by atoms with E-state index >= 15 is 0 Å². The van der Waals surface area contributed by atoms with Crippen LogP contribution in [0.25, 0.3) is 0 Å². The first kappa shape index (κ1) is 49.6. The van der Waals surface area contributed by atoms with Gasteiger partial charge in [0.05, 0.1) is 0 Å². The number of esters is 2. The lowest BCUT2D eigenvalue weighted by molar-refractivity contribution is -0.152. The topological polar surface area (TPSA) is 103 Å². The third-order valence-electron chi connectivity index (χ3n) is 9.24. The van der Waals surface area contributed by atoms with Crippen molar-refractivity contribution >= 4 is 18.0 Å². The highest BCUT2D eigenvalue weighted by molar-refractivity contribution is 5.70. The summed E-state index contributed by atoms with van der Waals surface area (Å²) >= 11 is 0. The third-order valence-corrected chi connectivity index (χ3v) is 9.24. The fourth-order valence-corrected chi connectivity index (χ4v) is 5.94. The van der Waals surface area contributed by atoms with Gasteiger partial charge in [-0.1, -0.05) is 148 Å². The number of hydrogen-bond donors (Lipinski definition) is 2. The van der Waals surface area contributed by atoms with Crippen molar-refractivity contribution in [3.8, 4) is 0 Å². The normalized spacial score (nSPS) is 11.5. The number of ether oxygens (including phenoxy) is 3. The summed E-state index contributed by atoms with van der Waals surface area (Å²) in [6.45, 7) is 8.06. The number of amides is 1. The molecule has 0 fully saturated rings. The number of alkyl carbamates (subject to hydrolysis) is 1. The first-order valence-corrected chi connectivity index (χ1v) is 21.8. The van der Waals surface area contributed by atoms with E-state index in [1.54, 1.807) is 0 Å². The van der Waals surface area contributed by atoms with E-state index in [2.05, 4.69) is 48.8 Å². The van der Waals surface area contributed by atoms with Crippen molar-refractivity contribution < 1.29 is 28.6 Å². The zero-order chi connectivity index (χ0) is 38.0. The molecule has 0 rings (SSSR count). The predicted octanol–water partition coefficient (Wildman–Crippen LogP) is 11.9. The first-order chi connectivity index (χ1) is 25.5. The van der Waals surface area contributed by atoms with Gasteiger partial charge < -0.3 is 24.8 Å². The standard InChI is InChI=1S/C44H82N2O6/c1-4-7-9-11-13-15-17-19-21-23-25-27-29-31-33-35-42(47)50-39-41(52-44(49)46-38-37-45-6-3)40-51-43(48)36-34-32-30-28-26-24-22-20-18-16-14-12-10-8-5-2/h19-22,41,45H,4-18,23-40H2,1-3H3,(H,46,49)/b21-19-,22-20-. The summed E-state index contributed by atoms with van der Waals surface area (Å²) in [4.78, 5) is 37.1. The highest BCUT2D eigenvalue weighted by Gasteiger charge is 2.19. The molecule has 0 aliphatic rings. The largest absolute Gasteiger partial charge is 0.462 e. The van der Waals surface area contributed by atoms with E-state index in [-0.39, 0.29) is 25.2 Å². The Morgan fingerprint density at radius 1 is 0.481 bits per heavy atom. The van der Waals surface area contributed by atoms with Gasteiger partial charge in [-0.3, -0.25) is 9.59 Å². The highest BCUT2D eigenvalue weighted by Crippen LogP contribution is 2.12. The van der Waals surface area contributed by atoms with Crippen molar-refractivity contribution in [1.29, 1.82) is 0 Å². The molecule has 0 unspecified atom stereocenters. The summed E-state index contributed by atoms with van der Waals surface area (Å²) in [5, 5.41) is 5.81. The Kier molecular flexibility index (Phi) is 39.5. The maximum atomic E-state index is 12.4. The molecule has 0 atom stereocenters. The zero-order valence-electron chi connectivity index (χ0n) is 34.2. The average Bonchev–Trinajstić information content (AvgIpc) is 3.14.